The molecule has 0 atom stereocenters. The Bertz CT molecular complexity index is 616. The predicted molar refractivity (Wildman–Crippen MR) is 86.8 cm³/mol. The van der Waals surface area contributed by atoms with Gasteiger partial charge in [0.1, 0.15) is 0 Å². The van der Waals surface area contributed by atoms with Crippen LogP contribution in [0.1, 0.15) is 29.8 Å². The Morgan fingerprint density at radius 2 is 1.62 bits per heavy atom. The fourth-order valence-electron chi connectivity index (χ4n) is 2.45. The standard InChI is InChI=1S/C16H17NO2.C2H6/c1-12-2-3-14-11-15(5-4-13(14)10-12)16(18)17-6-8-19-9-7-17;1-2/h2-5,10-11H,6-9H2,1H3;1-2H3. The summed E-state index contributed by atoms with van der Waals surface area (Å²) < 4.78 is 5.28. The molecule has 2 aromatic rings. The number of rotatable bonds is 1. The van der Waals surface area contributed by atoms with Gasteiger partial charge in [-0.2, -0.15) is 0 Å². The van der Waals surface area contributed by atoms with E-state index in [4.69, 9.17) is 4.74 Å². The summed E-state index contributed by atoms with van der Waals surface area (Å²) in [4.78, 5) is 14.2. The van der Waals surface area contributed by atoms with E-state index in [-0.39, 0.29) is 5.91 Å². The van der Waals surface area contributed by atoms with E-state index >= 15 is 0 Å². The minimum absolute atomic E-state index is 0.103. The Balaban J connectivity index is 0.000000774. The number of morpholine rings is 1. The highest BCUT2D eigenvalue weighted by Gasteiger charge is 2.18. The second-order valence-corrected chi connectivity index (χ2v) is 4.97. The average Bonchev–Trinajstić information content (AvgIpc) is 2.56. The number of hydrogen-bond donors (Lipinski definition) is 0. The number of carbonyl (C=O) groups excluding carboxylic acids is 1. The van der Waals surface area contributed by atoms with Gasteiger partial charge in [-0.1, -0.05) is 43.7 Å². The van der Waals surface area contributed by atoms with Crippen LogP contribution in [0.2, 0.25) is 0 Å². The molecule has 1 amide bonds. The largest absolute Gasteiger partial charge is 0.378 e. The zero-order valence-corrected chi connectivity index (χ0v) is 13.1. The van der Waals surface area contributed by atoms with Gasteiger partial charge in [0.15, 0.2) is 0 Å². The second-order valence-electron chi connectivity index (χ2n) is 4.97. The van der Waals surface area contributed by atoms with Crippen molar-refractivity contribution in [1.29, 1.82) is 0 Å². The number of aryl methyl sites for hydroxylation is 1. The minimum atomic E-state index is 0.103. The predicted octanol–water partition coefficient (Wildman–Crippen LogP) is 3.65. The SMILES string of the molecule is CC.Cc1ccc2cc(C(=O)N3CCOCC3)ccc2c1. The van der Waals surface area contributed by atoms with Gasteiger partial charge in [-0.15, -0.1) is 0 Å². The number of fused-ring (bicyclic) bond motifs is 1. The molecule has 1 saturated heterocycles. The first-order valence-corrected chi connectivity index (χ1v) is 7.61. The lowest BCUT2D eigenvalue weighted by Gasteiger charge is -2.27. The lowest BCUT2D eigenvalue weighted by molar-refractivity contribution is 0.0303. The molecular formula is C18H23NO2. The van der Waals surface area contributed by atoms with Gasteiger partial charge in [-0.25, -0.2) is 0 Å². The molecule has 112 valence electrons. The van der Waals surface area contributed by atoms with Gasteiger partial charge in [0.2, 0.25) is 0 Å². The molecule has 1 aliphatic rings. The number of benzene rings is 2. The molecule has 3 nitrogen and oxygen atoms in total. The summed E-state index contributed by atoms with van der Waals surface area (Å²) in [5.41, 5.74) is 2.00. The first-order chi connectivity index (χ1) is 10.2. The molecule has 21 heavy (non-hydrogen) atoms. The van der Waals surface area contributed by atoms with Gasteiger partial charge < -0.3 is 9.64 Å². The molecule has 0 radical (unpaired) electrons. The van der Waals surface area contributed by atoms with E-state index in [0.717, 1.165) is 10.9 Å². The van der Waals surface area contributed by atoms with E-state index in [2.05, 4.69) is 25.1 Å². The van der Waals surface area contributed by atoms with Crippen molar-refractivity contribution in [1.82, 2.24) is 4.90 Å². The summed E-state index contributed by atoms with van der Waals surface area (Å²) in [7, 11) is 0. The highest BCUT2D eigenvalue weighted by Crippen LogP contribution is 2.19. The summed E-state index contributed by atoms with van der Waals surface area (Å²) in [5, 5.41) is 2.29. The molecule has 0 aliphatic carbocycles. The van der Waals surface area contributed by atoms with Crippen molar-refractivity contribution in [2.75, 3.05) is 26.3 Å². The van der Waals surface area contributed by atoms with E-state index in [0.29, 0.717) is 26.3 Å². The lowest BCUT2D eigenvalue weighted by atomic mass is 10.0. The summed E-state index contributed by atoms with van der Waals surface area (Å²) in [5.74, 6) is 0.103. The summed E-state index contributed by atoms with van der Waals surface area (Å²) >= 11 is 0. The van der Waals surface area contributed by atoms with E-state index in [1.807, 2.05) is 36.9 Å². The molecule has 3 heteroatoms. The molecule has 0 unspecified atom stereocenters. The fraction of sp³-hybridized carbons (Fsp3) is 0.389. The van der Waals surface area contributed by atoms with E-state index in [9.17, 15) is 4.79 Å². The zero-order chi connectivity index (χ0) is 15.2. The molecule has 0 aromatic heterocycles. The molecule has 1 aliphatic heterocycles. The Labute approximate surface area is 126 Å². The van der Waals surface area contributed by atoms with Crippen LogP contribution in [0.25, 0.3) is 10.8 Å². The van der Waals surface area contributed by atoms with Crippen molar-refractivity contribution in [3.63, 3.8) is 0 Å². The van der Waals surface area contributed by atoms with Crippen LogP contribution in [0, 0.1) is 6.92 Å². The number of ether oxygens (including phenoxy) is 1. The summed E-state index contributed by atoms with van der Waals surface area (Å²) in [6.07, 6.45) is 0. The molecule has 0 saturated carbocycles. The van der Waals surface area contributed by atoms with Crippen molar-refractivity contribution in [2.45, 2.75) is 20.8 Å². The number of carbonyl (C=O) groups is 1. The smallest absolute Gasteiger partial charge is 0.254 e. The zero-order valence-electron chi connectivity index (χ0n) is 13.1. The molecular weight excluding hydrogens is 262 g/mol. The van der Waals surface area contributed by atoms with E-state index < -0.39 is 0 Å². The molecule has 1 fully saturated rings. The van der Waals surface area contributed by atoms with E-state index in [1.165, 1.54) is 10.9 Å². The lowest BCUT2D eigenvalue weighted by Crippen LogP contribution is -2.40. The van der Waals surface area contributed by atoms with Crippen molar-refractivity contribution in [3.8, 4) is 0 Å². The van der Waals surface area contributed by atoms with Crippen molar-refractivity contribution >= 4 is 16.7 Å². The van der Waals surface area contributed by atoms with Gasteiger partial charge in [0, 0.05) is 18.7 Å². The Kier molecular flexibility index (Phi) is 5.34. The first-order valence-electron chi connectivity index (χ1n) is 7.61. The summed E-state index contributed by atoms with van der Waals surface area (Å²) in [6.45, 7) is 8.72. The fourth-order valence-corrected chi connectivity index (χ4v) is 2.45. The molecule has 0 N–H and O–H groups in total. The quantitative estimate of drug-likeness (QED) is 0.800. The van der Waals surface area contributed by atoms with Gasteiger partial charge in [-0.05, 0) is 29.8 Å². The maximum absolute atomic E-state index is 12.4. The Morgan fingerprint density at radius 3 is 2.33 bits per heavy atom. The minimum Gasteiger partial charge on any atom is -0.378 e. The Hall–Kier alpha value is -1.87. The normalized spacial score (nSPS) is 14.5. The average molecular weight is 285 g/mol. The van der Waals surface area contributed by atoms with Gasteiger partial charge >= 0.3 is 0 Å². The highest BCUT2D eigenvalue weighted by molar-refractivity contribution is 5.98. The van der Waals surface area contributed by atoms with Crippen molar-refractivity contribution < 1.29 is 9.53 Å². The van der Waals surface area contributed by atoms with Crippen LogP contribution >= 0.6 is 0 Å². The van der Waals surface area contributed by atoms with Crippen LogP contribution in [0.5, 0.6) is 0 Å². The van der Waals surface area contributed by atoms with E-state index in [1.54, 1.807) is 0 Å². The molecule has 3 rings (SSSR count). The number of amides is 1. The van der Waals surface area contributed by atoms with Crippen LogP contribution < -0.4 is 0 Å². The van der Waals surface area contributed by atoms with Crippen LogP contribution in [0.4, 0.5) is 0 Å². The maximum atomic E-state index is 12.4. The molecule has 0 spiro atoms. The third-order valence-corrected chi connectivity index (χ3v) is 3.54. The van der Waals surface area contributed by atoms with Crippen molar-refractivity contribution in [2.24, 2.45) is 0 Å². The van der Waals surface area contributed by atoms with Gasteiger partial charge in [0.05, 0.1) is 13.2 Å². The van der Waals surface area contributed by atoms with Crippen LogP contribution in [-0.4, -0.2) is 37.1 Å². The monoisotopic (exact) mass is 285 g/mol. The van der Waals surface area contributed by atoms with Gasteiger partial charge in [-0.3, -0.25) is 4.79 Å². The number of hydrogen-bond acceptors (Lipinski definition) is 2. The topological polar surface area (TPSA) is 29.5 Å². The van der Waals surface area contributed by atoms with Gasteiger partial charge in [0.25, 0.3) is 5.91 Å². The van der Waals surface area contributed by atoms with Crippen molar-refractivity contribution in [3.05, 3.63) is 47.5 Å². The summed E-state index contributed by atoms with van der Waals surface area (Å²) in [6, 6.07) is 12.2. The maximum Gasteiger partial charge on any atom is 0.254 e. The first kappa shape index (κ1) is 15.5. The van der Waals surface area contributed by atoms with Crippen LogP contribution in [0.15, 0.2) is 36.4 Å². The third-order valence-electron chi connectivity index (χ3n) is 3.54. The Morgan fingerprint density at radius 1 is 1.00 bits per heavy atom. The molecule has 2 aromatic carbocycles. The second kappa shape index (κ2) is 7.23. The third kappa shape index (κ3) is 3.61. The molecule has 0 bridgehead atoms. The molecule has 1 heterocycles. The van der Waals surface area contributed by atoms with Crippen LogP contribution in [0.3, 0.4) is 0 Å². The van der Waals surface area contributed by atoms with Crippen LogP contribution in [-0.2, 0) is 4.74 Å². The highest BCUT2D eigenvalue weighted by atomic mass is 16.5. The number of nitrogens with zero attached hydrogens (tertiary/aromatic N) is 1.